The van der Waals surface area contributed by atoms with Crippen LogP contribution < -0.4 is 0 Å². The molecule has 0 bridgehead atoms. The van der Waals surface area contributed by atoms with Crippen molar-refractivity contribution in [2.45, 2.75) is 13.3 Å². The normalized spacial score (nSPS) is 32.2. The molecule has 1 radical (unpaired) electrons. The van der Waals surface area contributed by atoms with Crippen LogP contribution >= 0.6 is 0 Å². The van der Waals surface area contributed by atoms with Gasteiger partial charge in [-0.3, -0.25) is 6.08 Å². The van der Waals surface area contributed by atoms with Crippen molar-refractivity contribution in [3.8, 4) is 0 Å². The molecule has 1 aliphatic rings. The molecule has 2 atom stereocenters. The molecule has 2 unspecified atom stereocenters. The van der Waals surface area contributed by atoms with E-state index in [4.69, 9.17) is 5.11 Å². The van der Waals surface area contributed by atoms with Gasteiger partial charge in [-0.15, -0.1) is 0 Å². The fraction of sp³-hybridized carbons (Fsp3) is 0.714. The zero-order valence-corrected chi connectivity index (χ0v) is 8.51. The first-order valence-electron chi connectivity index (χ1n) is 3.03. The molecule has 0 aliphatic heterocycles. The zero-order chi connectivity index (χ0) is 5.98. The van der Waals surface area contributed by atoms with Crippen molar-refractivity contribution < 1.29 is 37.8 Å². The summed E-state index contributed by atoms with van der Waals surface area (Å²) in [5.74, 6) is 0.956. The Morgan fingerprint density at radius 1 is 1.78 bits per heavy atom. The largest absolute Gasteiger partial charge is 0.495 e. The molecule has 0 aromatic rings. The molecule has 1 aliphatic carbocycles. The second kappa shape index (κ2) is 4.59. The van der Waals surface area contributed by atoms with Crippen molar-refractivity contribution in [2.75, 3.05) is 6.61 Å². The topological polar surface area (TPSA) is 20.2 Å². The minimum Gasteiger partial charge on any atom is -0.495 e. The fourth-order valence-electron chi connectivity index (χ4n) is 1.01. The Kier molecular flexibility index (Phi) is 5.00. The van der Waals surface area contributed by atoms with Crippen LogP contribution in [0.25, 0.3) is 0 Å². The van der Waals surface area contributed by atoms with Gasteiger partial charge in [-0.2, -0.15) is 5.92 Å². The Morgan fingerprint density at radius 3 is 2.67 bits per heavy atom. The summed E-state index contributed by atoms with van der Waals surface area (Å²) in [7, 11) is 0. The van der Waals surface area contributed by atoms with E-state index in [-0.39, 0.29) is 39.3 Å². The van der Waals surface area contributed by atoms with E-state index in [0.29, 0.717) is 11.8 Å². The first-order valence-corrected chi connectivity index (χ1v) is 3.03. The summed E-state index contributed by atoms with van der Waals surface area (Å²) >= 11 is 0. The quantitative estimate of drug-likeness (QED) is 0.626. The van der Waals surface area contributed by atoms with Crippen LogP contribution in [0.3, 0.4) is 0 Å². The van der Waals surface area contributed by atoms with E-state index in [9.17, 15) is 0 Å². The van der Waals surface area contributed by atoms with Gasteiger partial charge in [-0.1, -0.05) is 19.3 Å². The summed E-state index contributed by atoms with van der Waals surface area (Å²) in [4.78, 5) is 0. The predicted octanol–water partition coefficient (Wildman–Crippen LogP) is 0.992. The molecule has 0 saturated carbocycles. The summed E-state index contributed by atoms with van der Waals surface area (Å²) < 4.78 is 0. The second-order valence-corrected chi connectivity index (χ2v) is 2.43. The van der Waals surface area contributed by atoms with Crippen molar-refractivity contribution in [1.29, 1.82) is 0 Å². The Hall–Kier alpha value is 0.804. The molecule has 0 aromatic carbocycles. The number of allylic oxidation sites excluding steroid dienone is 1. The molecular weight excluding hydrogens is 189 g/mol. The molecule has 0 saturated heterocycles. The summed E-state index contributed by atoms with van der Waals surface area (Å²) in [6.45, 7) is 2.41. The summed E-state index contributed by atoms with van der Waals surface area (Å²) in [5, 5.41) is 8.60. The third-order valence-corrected chi connectivity index (χ3v) is 1.49. The Morgan fingerprint density at radius 2 is 2.44 bits per heavy atom. The van der Waals surface area contributed by atoms with Gasteiger partial charge in [0.1, 0.15) is 0 Å². The van der Waals surface area contributed by atoms with Crippen LogP contribution in [0, 0.1) is 17.9 Å². The monoisotopic (exact) mass is 200 g/mol. The third kappa shape index (κ3) is 2.93. The zero-order valence-electron chi connectivity index (χ0n) is 5.67. The maximum atomic E-state index is 8.60. The average molecular weight is 200 g/mol. The van der Waals surface area contributed by atoms with E-state index in [1.54, 1.807) is 0 Å². The molecule has 0 aromatic heterocycles. The molecule has 0 spiro atoms. The molecule has 2 heteroatoms. The van der Waals surface area contributed by atoms with Gasteiger partial charge in [0.25, 0.3) is 0 Å². The molecule has 9 heavy (non-hydrogen) atoms. The van der Waals surface area contributed by atoms with Crippen LogP contribution in [-0.4, -0.2) is 11.7 Å². The van der Waals surface area contributed by atoms with Crippen LogP contribution in [-0.2, 0) is 32.7 Å². The maximum Gasteiger partial charge on any atom is 0.0194 e. The SMILES string of the molecule is CC1C=[C-]C(CO)C1.[Y]. The van der Waals surface area contributed by atoms with E-state index >= 15 is 0 Å². The summed E-state index contributed by atoms with van der Waals surface area (Å²) in [5.41, 5.74) is 0. The van der Waals surface area contributed by atoms with Gasteiger partial charge >= 0.3 is 0 Å². The van der Waals surface area contributed by atoms with Gasteiger partial charge in [-0.25, -0.2) is 0 Å². The Labute approximate surface area is 81.4 Å². The molecule has 49 valence electrons. The molecule has 0 amide bonds. The van der Waals surface area contributed by atoms with Gasteiger partial charge < -0.3 is 11.2 Å². The van der Waals surface area contributed by atoms with E-state index in [1.807, 2.05) is 6.08 Å². The van der Waals surface area contributed by atoms with Crippen molar-refractivity contribution in [3.63, 3.8) is 0 Å². The molecule has 1 rings (SSSR count). The first-order chi connectivity index (χ1) is 3.83. The van der Waals surface area contributed by atoms with Crippen molar-refractivity contribution in [2.24, 2.45) is 11.8 Å². The smallest absolute Gasteiger partial charge is 0.0194 e. The molecule has 0 heterocycles. The standard InChI is InChI=1S/C7H11O.Y/c1-6-2-3-7(4-6)5-8;/h2,6-8H,4-5H2,1H3;/q-1;. The Balaban J connectivity index is 0.000000640. The second-order valence-electron chi connectivity index (χ2n) is 2.43. The third-order valence-electron chi connectivity index (χ3n) is 1.49. The van der Waals surface area contributed by atoms with Crippen molar-refractivity contribution in [1.82, 2.24) is 0 Å². The van der Waals surface area contributed by atoms with E-state index in [2.05, 4.69) is 13.0 Å². The van der Waals surface area contributed by atoms with Crippen LogP contribution in [0.1, 0.15) is 13.3 Å². The van der Waals surface area contributed by atoms with Gasteiger partial charge in [0, 0.05) is 39.3 Å². The van der Waals surface area contributed by atoms with Gasteiger partial charge in [0.15, 0.2) is 0 Å². The number of aliphatic hydroxyl groups is 1. The van der Waals surface area contributed by atoms with Crippen LogP contribution in [0.15, 0.2) is 6.08 Å². The van der Waals surface area contributed by atoms with Gasteiger partial charge in [0.05, 0.1) is 0 Å². The number of rotatable bonds is 1. The van der Waals surface area contributed by atoms with E-state index in [1.165, 1.54) is 0 Å². The minimum atomic E-state index is 0. The summed E-state index contributed by atoms with van der Waals surface area (Å²) in [6, 6.07) is 0. The van der Waals surface area contributed by atoms with Crippen molar-refractivity contribution >= 4 is 0 Å². The molecular formula is C7H11OY-. The molecule has 1 N–H and O–H groups in total. The maximum absolute atomic E-state index is 8.60. The number of hydrogen-bond acceptors (Lipinski definition) is 1. The van der Waals surface area contributed by atoms with E-state index < -0.39 is 0 Å². The number of hydrogen-bond donors (Lipinski definition) is 1. The van der Waals surface area contributed by atoms with Crippen LogP contribution in [0.5, 0.6) is 0 Å². The van der Waals surface area contributed by atoms with Gasteiger partial charge in [0.2, 0.25) is 0 Å². The van der Waals surface area contributed by atoms with Gasteiger partial charge in [-0.05, 0) is 0 Å². The predicted molar refractivity (Wildman–Crippen MR) is 32.2 cm³/mol. The minimum absolute atomic E-state index is 0. The summed E-state index contributed by atoms with van der Waals surface area (Å²) in [6.07, 6.45) is 6.20. The van der Waals surface area contributed by atoms with Crippen LogP contribution in [0.2, 0.25) is 0 Å². The molecule has 0 fully saturated rings. The number of aliphatic hydroxyl groups excluding tert-OH is 1. The fourth-order valence-corrected chi connectivity index (χ4v) is 1.01. The van der Waals surface area contributed by atoms with Crippen molar-refractivity contribution in [3.05, 3.63) is 12.2 Å². The Bertz CT molecular complexity index is 101. The molecule has 1 nitrogen and oxygen atoms in total. The average Bonchev–Trinajstić information content (AvgIpc) is 2.14. The van der Waals surface area contributed by atoms with Crippen LogP contribution in [0.4, 0.5) is 0 Å². The van der Waals surface area contributed by atoms with E-state index in [0.717, 1.165) is 6.42 Å². The first kappa shape index (κ1) is 9.80.